The van der Waals surface area contributed by atoms with E-state index in [2.05, 4.69) is 26.2 Å². The third-order valence-corrected chi connectivity index (χ3v) is 3.68. The van der Waals surface area contributed by atoms with Crippen LogP contribution in [0.15, 0.2) is 33.7 Å². The summed E-state index contributed by atoms with van der Waals surface area (Å²) >= 11 is 10.7. The summed E-state index contributed by atoms with van der Waals surface area (Å²) in [6.07, 6.45) is 3.08. The standard InChI is InChI=1S/C10H6BrClN2OS/c11-9-3-6(5-16-9)10(15)14-8-4-13-2-1-7(8)12/h1-5H,(H,14,15). The highest BCUT2D eigenvalue weighted by molar-refractivity contribution is 9.11. The van der Waals surface area contributed by atoms with E-state index in [9.17, 15) is 4.79 Å². The van der Waals surface area contributed by atoms with Crippen molar-refractivity contribution in [3.63, 3.8) is 0 Å². The molecule has 0 radical (unpaired) electrons. The molecule has 2 aromatic rings. The molecule has 0 saturated heterocycles. The van der Waals surface area contributed by atoms with Crippen LogP contribution in [0.3, 0.4) is 0 Å². The van der Waals surface area contributed by atoms with Crippen LogP contribution in [0.4, 0.5) is 5.69 Å². The van der Waals surface area contributed by atoms with Crippen molar-refractivity contribution in [2.24, 2.45) is 0 Å². The minimum absolute atomic E-state index is 0.197. The highest BCUT2D eigenvalue weighted by Crippen LogP contribution is 2.23. The molecule has 0 aliphatic rings. The minimum Gasteiger partial charge on any atom is -0.319 e. The summed E-state index contributed by atoms with van der Waals surface area (Å²) in [5.74, 6) is -0.197. The number of hydrogen-bond acceptors (Lipinski definition) is 3. The largest absolute Gasteiger partial charge is 0.319 e. The van der Waals surface area contributed by atoms with Gasteiger partial charge in [-0.05, 0) is 28.1 Å². The van der Waals surface area contributed by atoms with E-state index in [1.807, 2.05) is 0 Å². The minimum atomic E-state index is -0.197. The molecule has 0 aromatic carbocycles. The predicted molar refractivity (Wildman–Crippen MR) is 69.2 cm³/mol. The van der Waals surface area contributed by atoms with Gasteiger partial charge in [0.15, 0.2) is 0 Å². The number of amides is 1. The van der Waals surface area contributed by atoms with E-state index in [-0.39, 0.29) is 5.91 Å². The zero-order valence-electron chi connectivity index (χ0n) is 7.91. The van der Waals surface area contributed by atoms with Crippen molar-refractivity contribution in [3.8, 4) is 0 Å². The summed E-state index contributed by atoms with van der Waals surface area (Å²) in [7, 11) is 0. The fourth-order valence-corrected chi connectivity index (χ4v) is 2.38. The van der Waals surface area contributed by atoms with Crippen LogP contribution in [0, 0.1) is 0 Å². The number of nitrogens with zero attached hydrogens (tertiary/aromatic N) is 1. The number of thiophene rings is 1. The third kappa shape index (κ3) is 2.61. The lowest BCUT2D eigenvalue weighted by molar-refractivity contribution is 0.102. The normalized spacial score (nSPS) is 10.1. The quantitative estimate of drug-likeness (QED) is 0.915. The SMILES string of the molecule is O=C(Nc1cnccc1Cl)c1csc(Br)c1. The number of aromatic nitrogens is 1. The van der Waals surface area contributed by atoms with E-state index in [0.29, 0.717) is 16.3 Å². The molecule has 0 aliphatic carbocycles. The molecule has 2 heterocycles. The van der Waals surface area contributed by atoms with Crippen molar-refractivity contribution in [2.45, 2.75) is 0 Å². The molecule has 0 saturated carbocycles. The van der Waals surface area contributed by atoms with Crippen LogP contribution in [-0.2, 0) is 0 Å². The molecular weight excluding hydrogens is 312 g/mol. The number of carbonyl (C=O) groups is 1. The molecule has 0 atom stereocenters. The Morgan fingerprint density at radius 3 is 3.00 bits per heavy atom. The Balaban J connectivity index is 2.17. The van der Waals surface area contributed by atoms with Crippen LogP contribution >= 0.6 is 38.9 Å². The average Bonchev–Trinajstić information content (AvgIpc) is 2.68. The molecule has 2 aromatic heterocycles. The summed E-state index contributed by atoms with van der Waals surface area (Å²) in [6.45, 7) is 0. The fraction of sp³-hybridized carbons (Fsp3) is 0. The van der Waals surface area contributed by atoms with Crippen LogP contribution in [0.1, 0.15) is 10.4 Å². The topological polar surface area (TPSA) is 42.0 Å². The lowest BCUT2D eigenvalue weighted by Crippen LogP contribution is -2.11. The number of pyridine rings is 1. The fourth-order valence-electron chi connectivity index (χ4n) is 1.09. The van der Waals surface area contributed by atoms with Gasteiger partial charge in [-0.2, -0.15) is 0 Å². The van der Waals surface area contributed by atoms with Crippen molar-refractivity contribution in [1.82, 2.24) is 4.98 Å². The second-order valence-corrected chi connectivity index (χ2v) is 5.65. The van der Waals surface area contributed by atoms with E-state index in [1.54, 1.807) is 23.7 Å². The van der Waals surface area contributed by atoms with Crippen LogP contribution in [-0.4, -0.2) is 10.9 Å². The maximum atomic E-state index is 11.8. The Morgan fingerprint density at radius 2 is 2.38 bits per heavy atom. The van der Waals surface area contributed by atoms with Crippen LogP contribution < -0.4 is 5.32 Å². The molecule has 0 aliphatic heterocycles. The molecule has 0 fully saturated rings. The van der Waals surface area contributed by atoms with Crippen molar-refractivity contribution in [3.05, 3.63) is 44.3 Å². The lowest BCUT2D eigenvalue weighted by Gasteiger charge is -2.04. The molecule has 0 bridgehead atoms. The Kier molecular flexibility index (Phi) is 3.58. The first-order valence-corrected chi connectivity index (χ1v) is 6.37. The van der Waals surface area contributed by atoms with Gasteiger partial charge in [0.1, 0.15) is 0 Å². The summed E-state index contributed by atoms with van der Waals surface area (Å²) in [4.78, 5) is 15.7. The van der Waals surface area contributed by atoms with Gasteiger partial charge in [0.25, 0.3) is 5.91 Å². The molecule has 16 heavy (non-hydrogen) atoms. The number of nitrogens with one attached hydrogen (secondary N) is 1. The number of hydrogen-bond donors (Lipinski definition) is 1. The van der Waals surface area contributed by atoms with Gasteiger partial charge in [0, 0.05) is 11.6 Å². The van der Waals surface area contributed by atoms with Crippen LogP contribution in [0.5, 0.6) is 0 Å². The van der Waals surface area contributed by atoms with Gasteiger partial charge >= 0.3 is 0 Å². The highest BCUT2D eigenvalue weighted by atomic mass is 79.9. The summed E-state index contributed by atoms with van der Waals surface area (Å²) in [5, 5.41) is 4.93. The van der Waals surface area contributed by atoms with Gasteiger partial charge in [-0.1, -0.05) is 11.6 Å². The number of anilines is 1. The molecule has 3 nitrogen and oxygen atoms in total. The second kappa shape index (κ2) is 4.95. The van der Waals surface area contributed by atoms with Gasteiger partial charge in [-0.3, -0.25) is 9.78 Å². The van der Waals surface area contributed by atoms with Crippen molar-refractivity contribution in [1.29, 1.82) is 0 Å². The van der Waals surface area contributed by atoms with E-state index in [0.717, 1.165) is 3.79 Å². The predicted octanol–water partition coefficient (Wildman–Crippen LogP) is 3.81. The molecule has 1 amide bonds. The van der Waals surface area contributed by atoms with Crippen molar-refractivity contribution in [2.75, 3.05) is 5.32 Å². The molecule has 0 unspecified atom stereocenters. The molecular formula is C10H6BrClN2OS. The molecule has 0 spiro atoms. The van der Waals surface area contributed by atoms with E-state index < -0.39 is 0 Å². The molecule has 6 heteroatoms. The van der Waals surface area contributed by atoms with E-state index >= 15 is 0 Å². The van der Waals surface area contributed by atoms with Gasteiger partial charge < -0.3 is 5.32 Å². The third-order valence-electron chi connectivity index (χ3n) is 1.85. The first kappa shape index (κ1) is 11.6. The highest BCUT2D eigenvalue weighted by Gasteiger charge is 2.09. The Hall–Kier alpha value is -0.910. The summed E-state index contributed by atoms with van der Waals surface area (Å²) < 4.78 is 0.912. The van der Waals surface area contributed by atoms with Gasteiger partial charge in [-0.25, -0.2) is 0 Å². The number of carbonyl (C=O) groups excluding carboxylic acids is 1. The maximum absolute atomic E-state index is 11.8. The van der Waals surface area contributed by atoms with Gasteiger partial charge in [0.2, 0.25) is 0 Å². The Morgan fingerprint density at radius 1 is 1.56 bits per heavy atom. The van der Waals surface area contributed by atoms with Crippen LogP contribution in [0.25, 0.3) is 0 Å². The van der Waals surface area contributed by atoms with Gasteiger partial charge in [-0.15, -0.1) is 11.3 Å². The first-order chi connectivity index (χ1) is 7.66. The molecule has 82 valence electrons. The Bertz CT molecular complexity index is 529. The number of halogens is 2. The smallest absolute Gasteiger partial charge is 0.256 e. The van der Waals surface area contributed by atoms with Crippen LogP contribution in [0.2, 0.25) is 5.02 Å². The first-order valence-electron chi connectivity index (χ1n) is 4.32. The van der Waals surface area contributed by atoms with Crippen molar-refractivity contribution < 1.29 is 4.79 Å². The molecule has 2 rings (SSSR count). The maximum Gasteiger partial charge on any atom is 0.256 e. The van der Waals surface area contributed by atoms with Gasteiger partial charge in [0.05, 0.1) is 26.3 Å². The summed E-state index contributed by atoms with van der Waals surface area (Å²) in [6, 6.07) is 3.38. The Labute approximate surface area is 110 Å². The molecule has 1 N–H and O–H groups in total. The van der Waals surface area contributed by atoms with E-state index in [4.69, 9.17) is 11.6 Å². The zero-order chi connectivity index (χ0) is 11.5. The lowest BCUT2D eigenvalue weighted by atomic mass is 10.3. The van der Waals surface area contributed by atoms with E-state index in [1.165, 1.54) is 17.5 Å². The average molecular weight is 318 g/mol. The zero-order valence-corrected chi connectivity index (χ0v) is 11.1. The van der Waals surface area contributed by atoms with Crippen molar-refractivity contribution >= 4 is 50.5 Å². The monoisotopic (exact) mass is 316 g/mol. The second-order valence-electron chi connectivity index (χ2n) is 2.95. The number of rotatable bonds is 2. The summed E-state index contributed by atoms with van der Waals surface area (Å²) in [5.41, 5.74) is 1.10.